The summed E-state index contributed by atoms with van der Waals surface area (Å²) in [7, 11) is 0. The maximum Gasteiger partial charge on any atom is 0.289 e. The van der Waals surface area contributed by atoms with Crippen molar-refractivity contribution in [2.75, 3.05) is 26.2 Å². The van der Waals surface area contributed by atoms with Crippen molar-refractivity contribution >= 4 is 35.0 Å². The first-order valence-electron chi connectivity index (χ1n) is 7.59. The molecular weight excluding hydrogens is 351 g/mol. The van der Waals surface area contributed by atoms with Gasteiger partial charge in [0, 0.05) is 36.2 Å². The normalized spacial score (nSPS) is 14.8. The van der Waals surface area contributed by atoms with E-state index in [1.54, 1.807) is 40.1 Å². The number of hydrogen-bond donors (Lipinski definition) is 0. The molecule has 24 heavy (non-hydrogen) atoms. The number of halogens is 2. The SMILES string of the molecule is O=C(Cc1ccc(Cl)cc1Cl)N1CCN(C(=O)c2ccco2)CC1. The Morgan fingerprint density at radius 3 is 2.38 bits per heavy atom. The van der Waals surface area contributed by atoms with Crippen LogP contribution in [0.15, 0.2) is 41.0 Å². The van der Waals surface area contributed by atoms with Gasteiger partial charge in [0.2, 0.25) is 5.91 Å². The molecule has 1 aliphatic heterocycles. The molecule has 7 heteroatoms. The summed E-state index contributed by atoms with van der Waals surface area (Å²) in [6.45, 7) is 1.96. The van der Waals surface area contributed by atoms with E-state index in [9.17, 15) is 9.59 Å². The van der Waals surface area contributed by atoms with Gasteiger partial charge < -0.3 is 14.2 Å². The fourth-order valence-electron chi connectivity index (χ4n) is 2.65. The van der Waals surface area contributed by atoms with E-state index < -0.39 is 0 Å². The van der Waals surface area contributed by atoms with Crippen LogP contribution in [0.3, 0.4) is 0 Å². The second-order valence-corrected chi connectivity index (χ2v) is 6.41. The van der Waals surface area contributed by atoms with Crippen LogP contribution < -0.4 is 0 Å². The number of furan rings is 1. The van der Waals surface area contributed by atoms with Crippen molar-refractivity contribution in [1.82, 2.24) is 9.80 Å². The van der Waals surface area contributed by atoms with Crippen LogP contribution >= 0.6 is 23.2 Å². The molecule has 0 radical (unpaired) electrons. The third-order valence-corrected chi connectivity index (χ3v) is 4.60. The van der Waals surface area contributed by atoms with Crippen LogP contribution in [0.5, 0.6) is 0 Å². The summed E-state index contributed by atoms with van der Waals surface area (Å²) in [5, 5.41) is 1.03. The lowest BCUT2D eigenvalue weighted by Gasteiger charge is -2.34. The molecular formula is C17H16Cl2N2O3. The second kappa shape index (κ2) is 7.28. The van der Waals surface area contributed by atoms with Gasteiger partial charge in [-0.25, -0.2) is 0 Å². The molecule has 2 amide bonds. The van der Waals surface area contributed by atoms with E-state index >= 15 is 0 Å². The van der Waals surface area contributed by atoms with Crippen LogP contribution in [0.1, 0.15) is 16.1 Å². The van der Waals surface area contributed by atoms with Crippen LogP contribution in [0.2, 0.25) is 10.0 Å². The molecule has 0 spiro atoms. The number of nitrogens with zero attached hydrogens (tertiary/aromatic N) is 2. The molecule has 0 unspecified atom stereocenters. The van der Waals surface area contributed by atoms with Crippen molar-refractivity contribution in [3.63, 3.8) is 0 Å². The van der Waals surface area contributed by atoms with Crippen LogP contribution in [-0.2, 0) is 11.2 Å². The average molecular weight is 367 g/mol. The molecule has 0 N–H and O–H groups in total. The maximum atomic E-state index is 12.4. The van der Waals surface area contributed by atoms with Gasteiger partial charge in [0.15, 0.2) is 5.76 Å². The second-order valence-electron chi connectivity index (χ2n) is 5.56. The Labute approximate surface area is 149 Å². The summed E-state index contributed by atoms with van der Waals surface area (Å²) in [5.41, 5.74) is 0.750. The molecule has 2 aromatic rings. The highest BCUT2D eigenvalue weighted by Crippen LogP contribution is 2.22. The summed E-state index contributed by atoms with van der Waals surface area (Å²) >= 11 is 12.0. The number of carbonyl (C=O) groups is 2. The largest absolute Gasteiger partial charge is 0.459 e. The number of benzene rings is 1. The standard InChI is InChI=1S/C17H16Cl2N2O3/c18-13-4-3-12(14(19)11-13)10-16(22)20-5-7-21(8-6-20)17(23)15-2-1-9-24-15/h1-4,9,11H,5-8,10H2. The van der Waals surface area contributed by atoms with E-state index in [0.29, 0.717) is 42.0 Å². The van der Waals surface area contributed by atoms with Gasteiger partial charge in [-0.05, 0) is 29.8 Å². The first-order chi connectivity index (χ1) is 11.5. The van der Waals surface area contributed by atoms with Crippen LogP contribution in [0.25, 0.3) is 0 Å². The molecule has 3 rings (SSSR count). The Bertz CT molecular complexity index is 738. The fourth-order valence-corrected chi connectivity index (χ4v) is 3.13. The zero-order valence-electron chi connectivity index (χ0n) is 12.9. The van der Waals surface area contributed by atoms with Crippen LogP contribution in [-0.4, -0.2) is 47.8 Å². The molecule has 2 heterocycles. The van der Waals surface area contributed by atoms with E-state index in [2.05, 4.69) is 0 Å². The van der Waals surface area contributed by atoms with Gasteiger partial charge in [-0.15, -0.1) is 0 Å². The zero-order valence-corrected chi connectivity index (χ0v) is 14.4. The number of carbonyl (C=O) groups excluding carboxylic acids is 2. The van der Waals surface area contributed by atoms with Crippen LogP contribution in [0, 0.1) is 0 Å². The molecule has 0 atom stereocenters. The van der Waals surface area contributed by atoms with E-state index in [-0.39, 0.29) is 18.2 Å². The van der Waals surface area contributed by atoms with Gasteiger partial charge in [0.25, 0.3) is 5.91 Å². The molecule has 0 aliphatic carbocycles. The zero-order chi connectivity index (χ0) is 17.1. The molecule has 1 aromatic heterocycles. The van der Waals surface area contributed by atoms with Crippen molar-refractivity contribution < 1.29 is 14.0 Å². The van der Waals surface area contributed by atoms with Gasteiger partial charge in [0.05, 0.1) is 12.7 Å². The molecule has 126 valence electrons. The summed E-state index contributed by atoms with van der Waals surface area (Å²) in [4.78, 5) is 28.1. The van der Waals surface area contributed by atoms with Crippen molar-refractivity contribution in [1.29, 1.82) is 0 Å². The molecule has 1 aliphatic rings. The predicted octanol–water partition coefficient (Wildman–Crippen LogP) is 3.11. The molecule has 0 bridgehead atoms. The molecule has 5 nitrogen and oxygen atoms in total. The lowest BCUT2D eigenvalue weighted by atomic mass is 10.1. The summed E-state index contributed by atoms with van der Waals surface area (Å²) in [6, 6.07) is 8.44. The average Bonchev–Trinajstić information content (AvgIpc) is 3.11. The van der Waals surface area contributed by atoms with Gasteiger partial charge in [-0.2, -0.15) is 0 Å². The summed E-state index contributed by atoms with van der Waals surface area (Å²) in [5.74, 6) is 0.167. The Morgan fingerprint density at radius 2 is 1.75 bits per heavy atom. The quantitative estimate of drug-likeness (QED) is 0.838. The van der Waals surface area contributed by atoms with Crippen molar-refractivity contribution in [2.45, 2.75) is 6.42 Å². The lowest BCUT2D eigenvalue weighted by Crippen LogP contribution is -2.50. The summed E-state index contributed by atoms with van der Waals surface area (Å²) < 4.78 is 5.13. The Morgan fingerprint density at radius 1 is 1.04 bits per heavy atom. The van der Waals surface area contributed by atoms with E-state index in [0.717, 1.165) is 5.56 Å². The van der Waals surface area contributed by atoms with Gasteiger partial charge >= 0.3 is 0 Å². The third kappa shape index (κ3) is 3.74. The van der Waals surface area contributed by atoms with Gasteiger partial charge in [-0.1, -0.05) is 29.3 Å². The van der Waals surface area contributed by atoms with E-state index in [1.807, 2.05) is 0 Å². The third-order valence-electron chi connectivity index (χ3n) is 4.01. The Hall–Kier alpha value is -1.98. The molecule has 1 aromatic carbocycles. The van der Waals surface area contributed by atoms with Gasteiger partial charge in [0.1, 0.15) is 0 Å². The predicted molar refractivity (Wildman–Crippen MR) is 91.4 cm³/mol. The topological polar surface area (TPSA) is 53.8 Å². The highest BCUT2D eigenvalue weighted by Gasteiger charge is 2.26. The minimum Gasteiger partial charge on any atom is -0.459 e. The monoisotopic (exact) mass is 366 g/mol. The van der Waals surface area contributed by atoms with E-state index in [4.69, 9.17) is 27.6 Å². The minimum absolute atomic E-state index is 0.00989. The lowest BCUT2D eigenvalue weighted by molar-refractivity contribution is -0.131. The number of piperazine rings is 1. The molecule has 1 fully saturated rings. The van der Waals surface area contributed by atoms with E-state index in [1.165, 1.54) is 6.26 Å². The smallest absolute Gasteiger partial charge is 0.289 e. The first kappa shape index (κ1) is 16.9. The maximum absolute atomic E-state index is 12.4. The van der Waals surface area contributed by atoms with Crippen molar-refractivity contribution in [2.24, 2.45) is 0 Å². The molecule has 1 saturated heterocycles. The minimum atomic E-state index is -0.146. The van der Waals surface area contributed by atoms with Crippen molar-refractivity contribution in [3.8, 4) is 0 Å². The summed E-state index contributed by atoms with van der Waals surface area (Å²) in [6.07, 6.45) is 1.70. The van der Waals surface area contributed by atoms with Crippen molar-refractivity contribution in [3.05, 3.63) is 58.0 Å². The highest BCUT2D eigenvalue weighted by molar-refractivity contribution is 6.35. The number of amides is 2. The Kier molecular flexibility index (Phi) is 5.11. The molecule has 0 saturated carbocycles. The fraction of sp³-hybridized carbons (Fsp3) is 0.294. The highest BCUT2D eigenvalue weighted by atomic mass is 35.5. The number of hydrogen-bond acceptors (Lipinski definition) is 3. The Balaban J connectivity index is 1.56. The number of rotatable bonds is 3. The van der Waals surface area contributed by atoms with Gasteiger partial charge in [-0.3, -0.25) is 9.59 Å². The first-order valence-corrected chi connectivity index (χ1v) is 8.34. The van der Waals surface area contributed by atoms with Crippen LogP contribution in [0.4, 0.5) is 0 Å².